The van der Waals surface area contributed by atoms with Crippen LogP contribution >= 0.6 is 15.9 Å². The van der Waals surface area contributed by atoms with Crippen molar-refractivity contribution in [3.63, 3.8) is 0 Å². The molecule has 0 aliphatic carbocycles. The number of aliphatic hydroxyl groups excluding tert-OH is 1. The molecule has 2 heterocycles. The number of alkyl halides is 3. The molecule has 0 unspecified atom stereocenters. The molecule has 0 radical (unpaired) electrons. The van der Waals surface area contributed by atoms with Crippen molar-refractivity contribution in [1.29, 1.82) is 0 Å². The number of carbonyl (C=O) groups is 1. The van der Waals surface area contributed by atoms with Gasteiger partial charge < -0.3 is 20.1 Å². The van der Waals surface area contributed by atoms with Crippen molar-refractivity contribution in [2.75, 3.05) is 29.9 Å². The molecule has 1 fully saturated rings. The number of halogens is 4. The maximum absolute atomic E-state index is 12.3. The Balaban J connectivity index is 1.63. The summed E-state index contributed by atoms with van der Waals surface area (Å²) in [5.74, 6) is 0.0944. The fraction of sp³-hybridized carbons (Fsp3) is 0.294. The third-order valence-electron chi connectivity index (χ3n) is 3.94. The Hall–Kier alpha value is -2.33. The van der Waals surface area contributed by atoms with E-state index < -0.39 is 12.3 Å². The van der Waals surface area contributed by atoms with Crippen LogP contribution in [-0.4, -0.2) is 42.1 Å². The molecule has 144 valence electrons. The quantitative estimate of drug-likeness (QED) is 0.737. The number of amides is 1. The van der Waals surface area contributed by atoms with Crippen LogP contribution in [0.15, 0.2) is 41.0 Å². The molecule has 1 aliphatic heterocycles. The molecular formula is C17H15BrF3N3O3. The van der Waals surface area contributed by atoms with Crippen LogP contribution in [0, 0.1) is 5.92 Å². The standard InChI is InChI=1S/C17H15BrF3N3O3/c18-14-5-11(6-22-15(14)24-7-10(8-24)9-25)16(26)23-12-1-3-13(4-2-12)27-17(19,20)21/h1-6,10,25H,7-9H2,(H,23,26). The highest BCUT2D eigenvalue weighted by Crippen LogP contribution is 2.30. The topological polar surface area (TPSA) is 74.7 Å². The van der Waals surface area contributed by atoms with Gasteiger partial charge in [-0.2, -0.15) is 0 Å². The summed E-state index contributed by atoms with van der Waals surface area (Å²) in [5, 5.41) is 11.7. The highest BCUT2D eigenvalue weighted by molar-refractivity contribution is 9.10. The number of hydrogen-bond donors (Lipinski definition) is 2. The highest BCUT2D eigenvalue weighted by atomic mass is 79.9. The van der Waals surface area contributed by atoms with Gasteiger partial charge in [0.1, 0.15) is 11.6 Å². The molecule has 1 aromatic carbocycles. The van der Waals surface area contributed by atoms with Crippen LogP contribution in [0.5, 0.6) is 5.75 Å². The van der Waals surface area contributed by atoms with E-state index in [4.69, 9.17) is 5.11 Å². The molecule has 2 aromatic rings. The number of carbonyl (C=O) groups excluding carboxylic acids is 1. The van der Waals surface area contributed by atoms with E-state index in [2.05, 4.69) is 31.0 Å². The van der Waals surface area contributed by atoms with Gasteiger partial charge in [-0.15, -0.1) is 13.2 Å². The first-order valence-electron chi connectivity index (χ1n) is 7.93. The van der Waals surface area contributed by atoms with Crippen LogP contribution in [0.25, 0.3) is 0 Å². The highest BCUT2D eigenvalue weighted by Gasteiger charge is 2.31. The SMILES string of the molecule is O=C(Nc1ccc(OC(F)(F)F)cc1)c1cnc(N2CC(CO)C2)c(Br)c1. The molecule has 1 amide bonds. The van der Waals surface area contributed by atoms with Gasteiger partial charge in [-0.1, -0.05) is 0 Å². The normalized spacial score (nSPS) is 14.6. The molecule has 0 spiro atoms. The van der Waals surface area contributed by atoms with E-state index in [1.54, 1.807) is 6.07 Å². The third-order valence-corrected chi connectivity index (χ3v) is 4.53. The lowest BCUT2D eigenvalue weighted by Gasteiger charge is -2.39. The minimum atomic E-state index is -4.77. The zero-order valence-electron chi connectivity index (χ0n) is 13.8. The number of pyridine rings is 1. The van der Waals surface area contributed by atoms with Gasteiger partial charge in [0.05, 0.1) is 10.0 Å². The van der Waals surface area contributed by atoms with Crippen molar-refractivity contribution in [2.45, 2.75) is 6.36 Å². The Morgan fingerprint density at radius 2 is 2.00 bits per heavy atom. The summed E-state index contributed by atoms with van der Waals surface area (Å²) >= 11 is 3.39. The maximum atomic E-state index is 12.3. The molecule has 27 heavy (non-hydrogen) atoms. The molecule has 1 aliphatic rings. The Labute approximate surface area is 161 Å². The molecule has 0 atom stereocenters. The first-order valence-corrected chi connectivity index (χ1v) is 8.73. The van der Waals surface area contributed by atoms with Crippen molar-refractivity contribution in [3.05, 3.63) is 46.6 Å². The molecule has 6 nitrogen and oxygen atoms in total. The maximum Gasteiger partial charge on any atom is 0.573 e. The summed E-state index contributed by atoms with van der Waals surface area (Å²) in [6.45, 7) is 1.52. The first kappa shape index (κ1) is 19.4. The predicted octanol–water partition coefficient (Wildman–Crippen LogP) is 3.42. The van der Waals surface area contributed by atoms with E-state index in [1.807, 2.05) is 4.90 Å². The molecule has 1 aromatic heterocycles. The summed E-state index contributed by atoms with van der Waals surface area (Å²) in [5.41, 5.74) is 0.615. The molecule has 2 N–H and O–H groups in total. The molecule has 1 saturated heterocycles. The lowest BCUT2D eigenvalue weighted by molar-refractivity contribution is -0.274. The molecule has 0 bridgehead atoms. The number of ether oxygens (including phenoxy) is 1. The average Bonchev–Trinajstić information content (AvgIpc) is 2.55. The Morgan fingerprint density at radius 1 is 1.33 bits per heavy atom. The Bertz CT molecular complexity index is 824. The largest absolute Gasteiger partial charge is 0.573 e. The Morgan fingerprint density at radius 3 is 2.56 bits per heavy atom. The summed E-state index contributed by atoms with van der Waals surface area (Å²) in [4.78, 5) is 18.6. The minimum absolute atomic E-state index is 0.126. The van der Waals surface area contributed by atoms with Gasteiger partial charge in [0.25, 0.3) is 5.91 Å². The van der Waals surface area contributed by atoms with Crippen molar-refractivity contribution in [2.24, 2.45) is 5.92 Å². The van der Waals surface area contributed by atoms with E-state index in [-0.39, 0.29) is 18.3 Å². The van der Waals surface area contributed by atoms with Crippen LogP contribution < -0.4 is 15.0 Å². The second kappa shape index (κ2) is 7.73. The number of aromatic nitrogens is 1. The monoisotopic (exact) mass is 445 g/mol. The van der Waals surface area contributed by atoms with E-state index in [0.717, 1.165) is 12.1 Å². The number of rotatable bonds is 5. The summed E-state index contributed by atoms with van der Waals surface area (Å²) in [7, 11) is 0. The van der Waals surface area contributed by atoms with Crippen LogP contribution in [-0.2, 0) is 0 Å². The average molecular weight is 446 g/mol. The number of hydrogen-bond acceptors (Lipinski definition) is 5. The lowest BCUT2D eigenvalue weighted by atomic mass is 10.0. The summed E-state index contributed by atoms with van der Waals surface area (Å²) < 4.78 is 40.9. The van der Waals surface area contributed by atoms with E-state index in [9.17, 15) is 18.0 Å². The van der Waals surface area contributed by atoms with Gasteiger partial charge in [0, 0.05) is 37.5 Å². The fourth-order valence-electron chi connectivity index (χ4n) is 2.59. The zero-order chi connectivity index (χ0) is 19.6. The van der Waals surface area contributed by atoms with Gasteiger partial charge in [-0.25, -0.2) is 4.98 Å². The van der Waals surface area contributed by atoms with Crippen LogP contribution in [0.1, 0.15) is 10.4 Å². The minimum Gasteiger partial charge on any atom is -0.406 e. The summed E-state index contributed by atoms with van der Waals surface area (Å²) in [6.07, 6.45) is -3.35. The van der Waals surface area contributed by atoms with Crippen LogP contribution in [0.3, 0.4) is 0 Å². The van der Waals surface area contributed by atoms with Crippen molar-refractivity contribution in [3.8, 4) is 5.75 Å². The van der Waals surface area contributed by atoms with E-state index in [0.29, 0.717) is 34.6 Å². The molecule has 3 rings (SSSR count). The van der Waals surface area contributed by atoms with Gasteiger partial charge in [0.2, 0.25) is 0 Å². The zero-order valence-corrected chi connectivity index (χ0v) is 15.4. The predicted molar refractivity (Wildman–Crippen MR) is 95.8 cm³/mol. The number of aliphatic hydroxyl groups is 1. The molecule has 10 heteroatoms. The lowest BCUT2D eigenvalue weighted by Crippen LogP contribution is -2.49. The molecule has 0 saturated carbocycles. The fourth-order valence-corrected chi connectivity index (χ4v) is 3.19. The first-order chi connectivity index (χ1) is 12.7. The van der Waals surface area contributed by atoms with Crippen molar-refractivity contribution >= 4 is 33.3 Å². The second-order valence-corrected chi connectivity index (χ2v) is 6.86. The Kier molecular flexibility index (Phi) is 5.56. The second-order valence-electron chi connectivity index (χ2n) is 6.01. The van der Waals surface area contributed by atoms with Crippen LogP contribution in [0.2, 0.25) is 0 Å². The van der Waals surface area contributed by atoms with E-state index in [1.165, 1.54) is 18.3 Å². The number of benzene rings is 1. The smallest absolute Gasteiger partial charge is 0.406 e. The number of nitrogens with zero attached hydrogens (tertiary/aromatic N) is 2. The van der Waals surface area contributed by atoms with Gasteiger partial charge in [-0.05, 0) is 46.3 Å². The third kappa shape index (κ3) is 4.89. The number of anilines is 2. The van der Waals surface area contributed by atoms with Crippen molar-refractivity contribution in [1.82, 2.24) is 4.98 Å². The number of nitrogens with one attached hydrogen (secondary N) is 1. The van der Waals surface area contributed by atoms with Crippen molar-refractivity contribution < 1.29 is 27.8 Å². The summed E-state index contributed by atoms with van der Waals surface area (Å²) in [6, 6.07) is 6.46. The molecular weight excluding hydrogens is 431 g/mol. The van der Waals surface area contributed by atoms with Gasteiger partial charge >= 0.3 is 6.36 Å². The van der Waals surface area contributed by atoms with E-state index >= 15 is 0 Å². The van der Waals surface area contributed by atoms with Gasteiger partial charge in [0.15, 0.2) is 0 Å². The van der Waals surface area contributed by atoms with Crippen LogP contribution in [0.4, 0.5) is 24.7 Å². The van der Waals surface area contributed by atoms with Gasteiger partial charge in [-0.3, -0.25) is 4.79 Å².